The van der Waals surface area contributed by atoms with Crippen LogP contribution < -0.4 is 5.73 Å². The minimum atomic E-state index is 0.540. The molecule has 0 unspecified atom stereocenters. The second-order valence-corrected chi connectivity index (χ2v) is 2.97. The van der Waals surface area contributed by atoms with Crippen LogP contribution in [0.15, 0.2) is 22.6 Å². The summed E-state index contributed by atoms with van der Waals surface area (Å²) < 4.78 is 5.49. The molecular formula is C10H12N2O. The van der Waals surface area contributed by atoms with Gasteiger partial charge in [-0.05, 0) is 17.7 Å². The molecule has 1 aromatic heterocycles. The van der Waals surface area contributed by atoms with Crippen molar-refractivity contribution >= 4 is 11.1 Å². The first kappa shape index (κ1) is 8.26. The van der Waals surface area contributed by atoms with E-state index in [0.717, 1.165) is 29.0 Å². The molecule has 0 fully saturated rings. The fourth-order valence-electron chi connectivity index (χ4n) is 1.29. The van der Waals surface area contributed by atoms with Crippen LogP contribution in [0.3, 0.4) is 0 Å². The lowest BCUT2D eigenvalue weighted by molar-refractivity contribution is 0.538. The van der Waals surface area contributed by atoms with Crippen molar-refractivity contribution in [2.75, 3.05) is 0 Å². The Morgan fingerprint density at radius 3 is 3.00 bits per heavy atom. The van der Waals surface area contributed by atoms with Gasteiger partial charge in [-0.1, -0.05) is 13.0 Å². The Kier molecular flexibility index (Phi) is 2.02. The molecule has 3 heteroatoms. The van der Waals surface area contributed by atoms with Crippen molar-refractivity contribution in [3.8, 4) is 0 Å². The van der Waals surface area contributed by atoms with Crippen LogP contribution in [-0.4, -0.2) is 4.98 Å². The van der Waals surface area contributed by atoms with Crippen molar-refractivity contribution in [1.29, 1.82) is 0 Å². The molecule has 0 aliphatic heterocycles. The van der Waals surface area contributed by atoms with Crippen LogP contribution in [0.25, 0.3) is 11.1 Å². The first-order valence-electron chi connectivity index (χ1n) is 4.42. The van der Waals surface area contributed by atoms with Crippen molar-refractivity contribution in [2.45, 2.75) is 19.9 Å². The Hall–Kier alpha value is -1.35. The fourth-order valence-corrected chi connectivity index (χ4v) is 1.29. The minimum absolute atomic E-state index is 0.540. The van der Waals surface area contributed by atoms with Crippen molar-refractivity contribution in [3.63, 3.8) is 0 Å². The summed E-state index contributed by atoms with van der Waals surface area (Å²) in [5, 5.41) is 0. The maximum Gasteiger partial charge on any atom is 0.195 e. The molecule has 0 aliphatic carbocycles. The van der Waals surface area contributed by atoms with E-state index < -0.39 is 0 Å². The van der Waals surface area contributed by atoms with Crippen LogP contribution in [-0.2, 0) is 13.0 Å². The summed E-state index contributed by atoms with van der Waals surface area (Å²) in [7, 11) is 0. The highest BCUT2D eigenvalue weighted by atomic mass is 16.3. The maximum absolute atomic E-state index is 5.52. The topological polar surface area (TPSA) is 52.0 Å². The minimum Gasteiger partial charge on any atom is -0.441 e. The Morgan fingerprint density at radius 1 is 1.46 bits per heavy atom. The van der Waals surface area contributed by atoms with E-state index >= 15 is 0 Å². The van der Waals surface area contributed by atoms with Crippen molar-refractivity contribution in [3.05, 3.63) is 29.7 Å². The van der Waals surface area contributed by atoms with E-state index in [1.807, 2.05) is 25.1 Å². The van der Waals surface area contributed by atoms with Crippen LogP contribution in [0.2, 0.25) is 0 Å². The van der Waals surface area contributed by atoms with Gasteiger partial charge in [-0.15, -0.1) is 0 Å². The van der Waals surface area contributed by atoms with Gasteiger partial charge in [0.25, 0.3) is 0 Å². The number of hydrogen-bond acceptors (Lipinski definition) is 3. The molecule has 0 saturated carbocycles. The van der Waals surface area contributed by atoms with Gasteiger partial charge in [0.1, 0.15) is 5.52 Å². The van der Waals surface area contributed by atoms with Gasteiger partial charge in [0.05, 0.1) is 0 Å². The lowest BCUT2D eigenvalue weighted by atomic mass is 10.2. The third-order valence-electron chi connectivity index (χ3n) is 2.04. The smallest absolute Gasteiger partial charge is 0.195 e. The highest BCUT2D eigenvalue weighted by Crippen LogP contribution is 2.17. The SMILES string of the molecule is CCc1nc2ccc(CN)cc2o1. The first-order valence-corrected chi connectivity index (χ1v) is 4.42. The molecular weight excluding hydrogens is 164 g/mol. The number of nitrogens with two attached hydrogens (primary N) is 1. The van der Waals surface area contributed by atoms with Crippen LogP contribution in [0.4, 0.5) is 0 Å². The van der Waals surface area contributed by atoms with Gasteiger partial charge in [-0.25, -0.2) is 4.98 Å². The molecule has 2 aromatic rings. The van der Waals surface area contributed by atoms with Gasteiger partial charge in [0.15, 0.2) is 11.5 Å². The Morgan fingerprint density at radius 2 is 2.31 bits per heavy atom. The molecule has 1 heterocycles. The van der Waals surface area contributed by atoms with E-state index in [-0.39, 0.29) is 0 Å². The Bertz CT molecular complexity index is 418. The second-order valence-electron chi connectivity index (χ2n) is 2.97. The molecule has 0 spiro atoms. The molecule has 3 nitrogen and oxygen atoms in total. The number of oxazole rings is 1. The van der Waals surface area contributed by atoms with Gasteiger partial charge >= 0.3 is 0 Å². The predicted octanol–water partition coefficient (Wildman–Crippen LogP) is 1.85. The van der Waals surface area contributed by atoms with Gasteiger partial charge < -0.3 is 10.2 Å². The molecule has 13 heavy (non-hydrogen) atoms. The summed E-state index contributed by atoms with van der Waals surface area (Å²) in [5.41, 5.74) is 8.34. The molecule has 0 saturated heterocycles. The van der Waals surface area contributed by atoms with Gasteiger partial charge in [0.2, 0.25) is 0 Å². The van der Waals surface area contributed by atoms with E-state index in [4.69, 9.17) is 10.2 Å². The summed E-state index contributed by atoms with van der Waals surface area (Å²) in [6.07, 6.45) is 0.826. The molecule has 68 valence electrons. The third-order valence-corrected chi connectivity index (χ3v) is 2.04. The highest BCUT2D eigenvalue weighted by Gasteiger charge is 2.03. The van der Waals surface area contributed by atoms with Crippen molar-refractivity contribution in [2.24, 2.45) is 5.73 Å². The lowest BCUT2D eigenvalue weighted by Crippen LogP contribution is -1.94. The second kappa shape index (κ2) is 3.18. The van der Waals surface area contributed by atoms with Gasteiger partial charge in [0, 0.05) is 13.0 Å². The van der Waals surface area contributed by atoms with Crippen LogP contribution >= 0.6 is 0 Å². The van der Waals surface area contributed by atoms with Crippen LogP contribution in [0.5, 0.6) is 0 Å². The number of aryl methyl sites for hydroxylation is 1. The Balaban J connectivity index is 2.57. The number of benzene rings is 1. The normalized spacial score (nSPS) is 10.9. The molecule has 1 aromatic carbocycles. The average Bonchev–Trinajstić information content (AvgIpc) is 2.58. The van der Waals surface area contributed by atoms with E-state index in [0.29, 0.717) is 6.54 Å². The number of aromatic nitrogens is 1. The maximum atomic E-state index is 5.52. The molecule has 2 N–H and O–H groups in total. The van der Waals surface area contributed by atoms with E-state index in [2.05, 4.69) is 4.98 Å². The molecule has 0 bridgehead atoms. The molecule has 0 aliphatic rings. The van der Waals surface area contributed by atoms with Gasteiger partial charge in [-0.3, -0.25) is 0 Å². The summed E-state index contributed by atoms with van der Waals surface area (Å²) >= 11 is 0. The van der Waals surface area contributed by atoms with E-state index in [1.54, 1.807) is 0 Å². The van der Waals surface area contributed by atoms with Crippen LogP contribution in [0.1, 0.15) is 18.4 Å². The van der Waals surface area contributed by atoms with Crippen molar-refractivity contribution < 1.29 is 4.42 Å². The summed E-state index contributed by atoms with van der Waals surface area (Å²) in [6, 6.07) is 5.87. The fraction of sp³-hybridized carbons (Fsp3) is 0.300. The first-order chi connectivity index (χ1) is 6.33. The van der Waals surface area contributed by atoms with E-state index in [1.165, 1.54) is 0 Å². The van der Waals surface area contributed by atoms with Gasteiger partial charge in [-0.2, -0.15) is 0 Å². The molecule has 2 rings (SSSR count). The van der Waals surface area contributed by atoms with Crippen LogP contribution in [0, 0.1) is 0 Å². The third kappa shape index (κ3) is 1.42. The number of fused-ring (bicyclic) bond motifs is 1. The summed E-state index contributed by atoms with van der Waals surface area (Å²) in [4.78, 5) is 4.30. The molecule has 0 radical (unpaired) electrons. The average molecular weight is 176 g/mol. The number of rotatable bonds is 2. The number of nitrogens with zero attached hydrogens (tertiary/aromatic N) is 1. The van der Waals surface area contributed by atoms with E-state index in [9.17, 15) is 0 Å². The predicted molar refractivity (Wildman–Crippen MR) is 51.3 cm³/mol. The monoisotopic (exact) mass is 176 g/mol. The standard InChI is InChI=1S/C10H12N2O/c1-2-10-12-8-4-3-7(6-11)5-9(8)13-10/h3-5H,2,6,11H2,1H3. The summed E-state index contributed by atoms with van der Waals surface area (Å²) in [5.74, 6) is 0.782. The zero-order valence-corrected chi connectivity index (χ0v) is 7.58. The Labute approximate surface area is 76.6 Å². The zero-order chi connectivity index (χ0) is 9.26. The lowest BCUT2D eigenvalue weighted by Gasteiger charge is -1.92. The largest absolute Gasteiger partial charge is 0.441 e. The summed E-state index contributed by atoms with van der Waals surface area (Å²) in [6.45, 7) is 2.56. The quantitative estimate of drug-likeness (QED) is 0.759. The number of hydrogen-bond donors (Lipinski definition) is 1. The highest BCUT2D eigenvalue weighted by molar-refractivity contribution is 5.73. The molecule has 0 atom stereocenters. The zero-order valence-electron chi connectivity index (χ0n) is 7.58. The molecule has 0 amide bonds. The van der Waals surface area contributed by atoms with Crippen molar-refractivity contribution in [1.82, 2.24) is 4.98 Å².